The summed E-state index contributed by atoms with van der Waals surface area (Å²) in [5, 5.41) is 14.3. The fraction of sp³-hybridized carbons (Fsp3) is 0.545. The van der Waals surface area contributed by atoms with Crippen molar-refractivity contribution in [3.63, 3.8) is 0 Å². The summed E-state index contributed by atoms with van der Waals surface area (Å²) in [6, 6.07) is 5.26. The maximum Gasteiger partial charge on any atom is 0.334 e. The largest absolute Gasteiger partial charge is 0.368 e. The minimum Gasteiger partial charge on any atom is -0.368 e. The van der Waals surface area contributed by atoms with Crippen LogP contribution >= 0.6 is 0 Å². The molecule has 0 aromatic heterocycles. The van der Waals surface area contributed by atoms with Crippen LogP contribution in [0.15, 0.2) is 41.8 Å². The van der Waals surface area contributed by atoms with Crippen LogP contribution in [-0.4, -0.2) is 53.2 Å². The molecule has 2 unspecified atom stereocenters. The Morgan fingerprint density at radius 3 is 2.42 bits per heavy atom. The molecule has 0 radical (unpaired) electrons. The predicted octanol–water partition coefficient (Wildman–Crippen LogP) is 2.25. The van der Waals surface area contributed by atoms with Gasteiger partial charge in [0.15, 0.2) is 4.90 Å². The molecule has 1 fully saturated rings. The summed E-state index contributed by atoms with van der Waals surface area (Å²) < 4.78 is 27.6. The van der Waals surface area contributed by atoms with Crippen LogP contribution in [0.2, 0.25) is 0 Å². The van der Waals surface area contributed by atoms with E-state index >= 15 is 0 Å². The molecule has 11 heteroatoms. The highest BCUT2D eigenvalue weighted by Gasteiger charge is 2.62. The number of amides is 2. The lowest BCUT2D eigenvalue weighted by molar-refractivity contribution is -0.845. The quantitative estimate of drug-likeness (QED) is 0.239. The first kappa shape index (κ1) is 26.5. The van der Waals surface area contributed by atoms with E-state index in [0.717, 1.165) is 6.07 Å². The number of nitrogens with one attached hydrogen (secondary N) is 1. The summed E-state index contributed by atoms with van der Waals surface area (Å²) in [7, 11) is -4.29. The Labute approximate surface area is 194 Å². The van der Waals surface area contributed by atoms with Gasteiger partial charge in [0.25, 0.3) is 5.69 Å². The molecule has 182 valence electrons. The average Bonchev–Trinajstić information content (AvgIpc) is 3.18. The molecule has 10 nitrogen and oxygen atoms in total. The Balaban J connectivity index is 2.71. The Morgan fingerprint density at radius 1 is 1.33 bits per heavy atom. The Kier molecular flexibility index (Phi) is 7.39. The molecule has 1 aliphatic rings. The number of sulfonamides is 1. The van der Waals surface area contributed by atoms with Crippen molar-refractivity contribution in [2.24, 2.45) is 11.7 Å². The molecule has 2 amide bonds. The van der Waals surface area contributed by atoms with E-state index in [0.29, 0.717) is 6.42 Å². The van der Waals surface area contributed by atoms with E-state index < -0.39 is 53.3 Å². The fourth-order valence-electron chi connectivity index (χ4n) is 4.91. The van der Waals surface area contributed by atoms with E-state index in [2.05, 4.69) is 11.9 Å². The van der Waals surface area contributed by atoms with E-state index in [1.165, 1.54) is 25.1 Å². The fourth-order valence-corrected chi connectivity index (χ4v) is 7.38. The lowest BCUT2D eigenvalue weighted by Gasteiger charge is -2.45. The Hall–Kier alpha value is -2.79. The number of quaternary nitrogens is 1. The summed E-state index contributed by atoms with van der Waals surface area (Å²) in [4.78, 5) is 35.3. The highest BCUT2D eigenvalue weighted by atomic mass is 32.2. The number of para-hydroxylation sites is 1. The van der Waals surface area contributed by atoms with Crippen molar-refractivity contribution in [1.82, 2.24) is 5.32 Å². The average molecular weight is 482 g/mol. The summed E-state index contributed by atoms with van der Waals surface area (Å²) in [5.74, 6) is -1.81. The number of allylic oxidation sites excluding steroid dienone is 1. The molecule has 0 spiro atoms. The van der Waals surface area contributed by atoms with Crippen LogP contribution in [0.3, 0.4) is 0 Å². The molecule has 1 aromatic rings. The molecule has 0 saturated carbocycles. The number of hydrogen-bond acceptors (Lipinski definition) is 6. The number of nitrogens with zero attached hydrogens (tertiary/aromatic N) is 2. The summed E-state index contributed by atoms with van der Waals surface area (Å²) in [6.07, 6.45) is 2.43. The second-order valence-electron chi connectivity index (χ2n) is 9.50. The van der Waals surface area contributed by atoms with Crippen LogP contribution in [0.4, 0.5) is 5.69 Å². The smallest absolute Gasteiger partial charge is 0.334 e. The zero-order valence-electron chi connectivity index (χ0n) is 19.5. The third-order valence-electron chi connectivity index (χ3n) is 6.66. The van der Waals surface area contributed by atoms with Gasteiger partial charge < -0.3 is 11.1 Å². The molecule has 1 heterocycles. The number of carbonyl (C=O) groups excluding carboxylic acids is 2. The second kappa shape index (κ2) is 9.22. The number of rotatable bonds is 9. The Bertz CT molecular complexity index is 1060. The second-order valence-corrected chi connectivity index (χ2v) is 11.6. The molecule has 0 aliphatic carbocycles. The number of likely N-dealkylation sites (tertiary alicyclic amines) is 1. The molecule has 33 heavy (non-hydrogen) atoms. The van der Waals surface area contributed by atoms with Gasteiger partial charge in [-0.05, 0) is 39.7 Å². The standard InChI is InChI=1S/C22H32N4O6S/c1-6-7-13-22(20(23)28,24-16(2)27)17-12-14-26(15-17,21(3,4)5)33(31,32)19-11-9-8-10-18(19)25(29)30/h6,8-11,17H,1,7,12-15H2,2-5H3,(H2-,23,24,27,28)/p+1/t17-,22?,26?/m1/s1. The molecular formula is C22H33N4O6S+. The van der Waals surface area contributed by atoms with Crippen LogP contribution in [0.25, 0.3) is 0 Å². The monoisotopic (exact) mass is 481 g/mol. The third-order valence-corrected chi connectivity index (χ3v) is 9.36. The van der Waals surface area contributed by atoms with E-state index in [9.17, 15) is 28.1 Å². The van der Waals surface area contributed by atoms with Gasteiger partial charge in [-0.2, -0.15) is 8.42 Å². The molecule has 1 aliphatic heterocycles. The summed E-state index contributed by atoms with van der Waals surface area (Å²) >= 11 is 0. The van der Waals surface area contributed by atoms with Crippen LogP contribution < -0.4 is 11.1 Å². The first-order chi connectivity index (χ1) is 15.2. The van der Waals surface area contributed by atoms with Crippen molar-refractivity contribution < 1.29 is 26.8 Å². The van der Waals surface area contributed by atoms with Crippen molar-refractivity contribution in [3.05, 3.63) is 47.0 Å². The number of nitro benzene ring substituents is 1. The van der Waals surface area contributed by atoms with Crippen LogP contribution in [0.1, 0.15) is 47.0 Å². The normalized spacial score (nSPS) is 22.8. The maximum absolute atomic E-state index is 14.1. The maximum atomic E-state index is 14.1. The topological polar surface area (TPSA) is 149 Å². The number of primary amides is 1. The number of hydrogen-bond donors (Lipinski definition) is 2. The lowest BCUT2D eigenvalue weighted by Crippen LogP contribution is -2.66. The number of nitro groups is 1. The lowest BCUT2D eigenvalue weighted by atomic mass is 9.78. The highest BCUT2D eigenvalue weighted by molar-refractivity contribution is 7.86. The molecule has 2 rings (SSSR count). The van der Waals surface area contributed by atoms with Crippen LogP contribution in [0, 0.1) is 16.0 Å². The van der Waals surface area contributed by atoms with E-state index in [1.54, 1.807) is 26.8 Å². The van der Waals surface area contributed by atoms with Crippen molar-refractivity contribution >= 4 is 27.5 Å². The first-order valence-electron chi connectivity index (χ1n) is 10.7. The van der Waals surface area contributed by atoms with E-state index in [1.807, 2.05) is 0 Å². The third kappa shape index (κ3) is 4.51. The Morgan fingerprint density at radius 2 is 1.94 bits per heavy atom. The molecule has 3 atom stereocenters. The predicted molar refractivity (Wildman–Crippen MR) is 123 cm³/mol. The minimum atomic E-state index is -4.29. The summed E-state index contributed by atoms with van der Waals surface area (Å²) in [6.45, 7) is 10.2. The number of benzene rings is 1. The van der Waals surface area contributed by atoms with Crippen molar-refractivity contribution in [2.45, 2.75) is 62.9 Å². The van der Waals surface area contributed by atoms with Gasteiger partial charge >= 0.3 is 10.0 Å². The van der Waals surface area contributed by atoms with Crippen molar-refractivity contribution in [1.29, 1.82) is 0 Å². The first-order valence-corrected chi connectivity index (χ1v) is 12.2. The number of carbonyl (C=O) groups is 2. The van der Waals surface area contributed by atoms with Crippen molar-refractivity contribution in [3.8, 4) is 0 Å². The van der Waals surface area contributed by atoms with Crippen LogP contribution in [-0.2, 0) is 19.6 Å². The minimum absolute atomic E-state index is 0.0434. The van der Waals surface area contributed by atoms with Gasteiger partial charge in [-0.15, -0.1) is 6.58 Å². The summed E-state index contributed by atoms with van der Waals surface area (Å²) in [5.41, 5.74) is 2.92. The van der Waals surface area contributed by atoms with Crippen LogP contribution in [0.5, 0.6) is 0 Å². The molecule has 1 aromatic carbocycles. The van der Waals surface area contributed by atoms with Gasteiger partial charge in [-0.25, -0.2) is 3.89 Å². The zero-order chi connectivity index (χ0) is 25.2. The van der Waals surface area contributed by atoms with Gasteiger partial charge in [0.1, 0.15) is 11.1 Å². The van der Waals surface area contributed by atoms with E-state index in [4.69, 9.17) is 5.73 Å². The van der Waals surface area contributed by atoms with Crippen molar-refractivity contribution in [2.75, 3.05) is 13.1 Å². The molecule has 1 saturated heterocycles. The highest BCUT2D eigenvalue weighted by Crippen LogP contribution is 2.46. The van der Waals surface area contributed by atoms with E-state index in [-0.39, 0.29) is 30.8 Å². The number of nitrogens with two attached hydrogens (primary N) is 1. The zero-order valence-corrected chi connectivity index (χ0v) is 20.4. The van der Waals surface area contributed by atoms with Gasteiger partial charge in [0, 0.05) is 25.3 Å². The van der Waals surface area contributed by atoms with Gasteiger partial charge in [-0.1, -0.05) is 18.2 Å². The molecular weight excluding hydrogens is 448 g/mol. The SMILES string of the molecule is C=CCCC(NC(C)=O)(C(N)=O)[C@@H]1CC[N+](C(C)(C)C)(S(=O)(=O)c2ccccc2[N+](=O)[O-])C1. The molecule has 0 bridgehead atoms. The van der Waals surface area contributed by atoms with Gasteiger partial charge in [0.05, 0.1) is 18.0 Å². The molecule has 3 N–H and O–H groups in total. The van der Waals surface area contributed by atoms with Gasteiger partial charge in [-0.3, -0.25) is 19.7 Å². The van der Waals surface area contributed by atoms with Gasteiger partial charge in [0.2, 0.25) is 11.8 Å².